The van der Waals surface area contributed by atoms with E-state index in [4.69, 9.17) is 4.74 Å². The van der Waals surface area contributed by atoms with Crippen LogP contribution in [0.4, 0.5) is 11.6 Å². The minimum Gasteiger partial charge on any atom is -0.378 e. The maximum Gasteiger partial charge on any atom is 0.253 e. The van der Waals surface area contributed by atoms with E-state index in [1.165, 1.54) is 11.8 Å². The minimum absolute atomic E-state index is 0.138. The molecule has 1 saturated carbocycles. The van der Waals surface area contributed by atoms with Crippen LogP contribution in [0.5, 0.6) is 0 Å². The zero-order valence-corrected chi connectivity index (χ0v) is 19.2. The van der Waals surface area contributed by atoms with Crippen molar-refractivity contribution in [2.45, 2.75) is 50.4 Å². The largest absolute Gasteiger partial charge is 0.378 e. The third-order valence-corrected chi connectivity index (χ3v) is 6.74. The molecule has 1 aliphatic carbocycles. The summed E-state index contributed by atoms with van der Waals surface area (Å²) in [6.45, 7) is 5.67. The molecule has 2 aromatic rings. The number of ether oxygens (including phenoxy) is 1. The molecule has 0 spiro atoms. The molecule has 1 aliphatic heterocycles. The Balaban J connectivity index is 1.36. The molecule has 1 aromatic carbocycles. The summed E-state index contributed by atoms with van der Waals surface area (Å²) >= 11 is 1.34. The first-order chi connectivity index (χ1) is 15.7. The van der Waals surface area contributed by atoms with Crippen LogP contribution in [0, 0.1) is 0 Å². The van der Waals surface area contributed by atoms with Crippen LogP contribution in [0.1, 0.15) is 43.0 Å². The Kier molecular flexibility index (Phi) is 7.64. The van der Waals surface area contributed by atoms with Gasteiger partial charge in [-0.15, -0.1) is 10.2 Å². The Bertz CT molecular complexity index is 937. The molecule has 2 heterocycles. The van der Waals surface area contributed by atoms with Gasteiger partial charge in [0.15, 0.2) is 5.16 Å². The van der Waals surface area contributed by atoms with Gasteiger partial charge in [-0.1, -0.05) is 36.7 Å². The highest BCUT2D eigenvalue weighted by atomic mass is 32.2. The van der Waals surface area contributed by atoms with Gasteiger partial charge in [0.1, 0.15) is 0 Å². The molecular formula is C22H30N6O3S. The number of aromatic nitrogens is 3. The van der Waals surface area contributed by atoms with Gasteiger partial charge >= 0.3 is 0 Å². The van der Waals surface area contributed by atoms with Crippen molar-refractivity contribution in [1.82, 2.24) is 20.1 Å². The first-order valence-corrected chi connectivity index (χ1v) is 12.2. The summed E-state index contributed by atoms with van der Waals surface area (Å²) in [5.74, 6) is 0.670. The van der Waals surface area contributed by atoms with Crippen LogP contribution in [-0.4, -0.2) is 64.7 Å². The second-order valence-corrected chi connectivity index (χ2v) is 8.91. The van der Waals surface area contributed by atoms with Crippen LogP contribution in [0.15, 0.2) is 29.4 Å². The summed E-state index contributed by atoms with van der Waals surface area (Å²) in [6.07, 6.45) is 4.33. The van der Waals surface area contributed by atoms with Crippen LogP contribution < -0.4 is 15.5 Å². The summed E-state index contributed by atoms with van der Waals surface area (Å²) in [4.78, 5) is 27.5. The van der Waals surface area contributed by atoms with Crippen LogP contribution in [0.2, 0.25) is 0 Å². The first-order valence-electron chi connectivity index (χ1n) is 11.2. The first kappa shape index (κ1) is 22.6. The molecule has 4 rings (SSSR count). The van der Waals surface area contributed by atoms with Gasteiger partial charge in [0.25, 0.3) is 5.91 Å². The van der Waals surface area contributed by atoms with Crippen molar-refractivity contribution in [3.05, 3.63) is 29.8 Å². The molecule has 2 fully saturated rings. The van der Waals surface area contributed by atoms with E-state index >= 15 is 0 Å². The monoisotopic (exact) mass is 458 g/mol. The minimum atomic E-state index is -0.185. The average Bonchev–Trinajstić information content (AvgIpc) is 3.48. The lowest BCUT2D eigenvalue weighted by atomic mass is 10.1. The Morgan fingerprint density at radius 1 is 1.16 bits per heavy atom. The van der Waals surface area contributed by atoms with Crippen LogP contribution in [-0.2, 0) is 16.1 Å². The van der Waals surface area contributed by atoms with Gasteiger partial charge < -0.3 is 20.3 Å². The highest BCUT2D eigenvalue weighted by Gasteiger charge is 2.22. The summed E-state index contributed by atoms with van der Waals surface area (Å²) < 4.78 is 7.43. The predicted octanol–water partition coefficient (Wildman–Crippen LogP) is 2.54. The van der Waals surface area contributed by atoms with Crippen molar-refractivity contribution in [1.29, 1.82) is 0 Å². The Morgan fingerprint density at radius 2 is 1.91 bits per heavy atom. The molecule has 0 unspecified atom stereocenters. The summed E-state index contributed by atoms with van der Waals surface area (Å²) in [5, 5.41) is 15.3. The van der Waals surface area contributed by atoms with Gasteiger partial charge in [-0.3, -0.25) is 14.2 Å². The fourth-order valence-electron chi connectivity index (χ4n) is 4.10. The van der Waals surface area contributed by atoms with E-state index < -0.39 is 0 Å². The zero-order valence-electron chi connectivity index (χ0n) is 18.4. The standard InChI is InChI=1S/C22H30N6O3S/c1-2-28-21(27-11-13-31-14-12-27)25-26-22(28)32-15-19(29)24-18-10-6-5-9-17(18)20(30)23-16-7-3-4-8-16/h5-6,9-10,16H,2-4,7-8,11-15H2,1H3,(H,23,30)(H,24,29). The number of nitrogens with one attached hydrogen (secondary N) is 2. The fraction of sp³-hybridized carbons (Fsp3) is 0.545. The lowest BCUT2D eigenvalue weighted by Crippen LogP contribution is -2.38. The molecule has 32 heavy (non-hydrogen) atoms. The number of carbonyl (C=O) groups excluding carboxylic acids is 2. The predicted molar refractivity (Wildman–Crippen MR) is 124 cm³/mol. The highest BCUT2D eigenvalue weighted by molar-refractivity contribution is 7.99. The van der Waals surface area contributed by atoms with E-state index in [0.717, 1.165) is 44.7 Å². The molecule has 172 valence electrons. The topological polar surface area (TPSA) is 101 Å². The van der Waals surface area contributed by atoms with Crippen molar-refractivity contribution in [2.24, 2.45) is 0 Å². The lowest BCUT2D eigenvalue weighted by molar-refractivity contribution is -0.113. The molecule has 0 radical (unpaired) electrons. The van der Waals surface area contributed by atoms with E-state index in [2.05, 4.69) is 25.7 Å². The van der Waals surface area contributed by atoms with Crippen molar-refractivity contribution >= 4 is 35.2 Å². The number of rotatable bonds is 8. The summed E-state index contributed by atoms with van der Waals surface area (Å²) in [6, 6.07) is 7.36. The maximum atomic E-state index is 12.7. The number of para-hydroxylation sites is 1. The SMILES string of the molecule is CCn1c(SCC(=O)Nc2ccccc2C(=O)NC2CCCC2)nnc1N1CCOCC1. The van der Waals surface area contributed by atoms with Gasteiger partial charge in [-0.05, 0) is 31.9 Å². The van der Waals surface area contributed by atoms with Crippen molar-refractivity contribution < 1.29 is 14.3 Å². The third-order valence-electron chi connectivity index (χ3n) is 5.78. The van der Waals surface area contributed by atoms with Crippen LogP contribution in [0.25, 0.3) is 0 Å². The number of anilines is 2. The Labute approximate surface area is 192 Å². The number of nitrogens with zero attached hydrogens (tertiary/aromatic N) is 4. The second kappa shape index (κ2) is 10.8. The lowest BCUT2D eigenvalue weighted by Gasteiger charge is -2.27. The van der Waals surface area contributed by atoms with E-state index in [0.29, 0.717) is 36.2 Å². The molecule has 10 heteroatoms. The van der Waals surface area contributed by atoms with Crippen LogP contribution >= 0.6 is 11.8 Å². The molecule has 0 atom stereocenters. The molecule has 2 aliphatic rings. The maximum absolute atomic E-state index is 12.7. The van der Waals surface area contributed by atoms with E-state index in [1.807, 2.05) is 23.6 Å². The van der Waals surface area contributed by atoms with Crippen molar-refractivity contribution in [3.63, 3.8) is 0 Å². The molecule has 2 N–H and O–H groups in total. The smallest absolute Gasteiger partial charge is 0.253 e. The Hall–Kier alpha value is -2.59. The number of hydrogen-bond donors (Lipinski definition) is 2. The summed E-state index contributed by atoms with van der Waals surface area (Å²) in [5.41, 5.74) is 1.02. The van der Waals surface area contributed by atoms with Gasteiger partial charge in [0, 0.05) is 25.7 Å². The molecule has 1 aromatic heterocycles. The molecular weight excluding hydrogens is 428 g/mol. The average molecular weight is 459 g/mol. The normalized spacial score (nSPS) is 16.8. The van der Waals surface area contributed by atoms with E-state index in [9.17, 15) is 9.59 Å². The number of thioether (sulfide) groups is 1. The quantitative estimate of drug-likeness (QED) is 0.586. The number of amides is 2. The molecule has 0 bridgehead atoms. The molecule has 2 amide bonds. The van der Waals surface area contributed by atoms with Gasteiger partial charge in [0.05, 0.1) is 30.2 Å². The highest BCUT2D eigenvalue weighted by Crippen LogP contribution is 2.24. The van der Waals surface area contributed by atoms with E-state index in [-0.39, 0.29) is 23.6 Å². The third kappa shape index (κ3) is 5.42. The molecule has 9 nitrogen and oxygen atoms in total. The van der Waals surface area contributed by atoms with Crippen molar-refractivity contribution in [3.8, 4) is 0 Å². The fourth-order valence-corrected chi connectivity index (χ4v) is 4.90. The summed E-state index contributed by atoms with van der Waals surface area (Å²) in [7, 11) is 0. The van der Waals surface area contributed by atoms with Gasteiger partial charge in [-0.2, -0.15) is 0 Å². The number of morpholine rings is 1. The van der Waals surface area contributed by atoms with Crippen LogP contribution in [0.3, 0.4) is 0 Å². The second-order valence-electron chi connectivity index (χ2n) is 7.96. The molecule has 1 saturated heterocycles. The van der Waals surface area contributed by atoms with Gasteiger partial charge in [0.2, 0.25) is 11.9 Å². The number of carbonyl (C=O) groups is 2. The zero-order chi connectivity index (χ0) is 22.3. The van der Waals surface area contributed by atoms with Gasteiger partial charge in [-0.25, -0.2) is 0 Å². The Morgan fingerprint density at radius 3 is 2.66 bits per heavy atom. The number of hydrogen-bond acceptors (Lipinski definition) is 7. The van der Waals surface area contributed by atoms with Crippen molar-refractivity contribution in [2.75, 3.05) is 42.3 Å². The number of benzene rings is 1. The van der Waals surface area contributed by atoms with E-state index in [1.54, 1.807) is 12.1 Å².